The van der Waals surface area contributed by atoms with Crippen LogP contribution in [0.3, 0.4) is 0 Å². The molecule has 0 radical (unpaired) electrons. The second-order valence-corrected chi connectivity index (χ2v) is 7.33. The van der Waals surface area contributed by atoms with Gasteiger partial charge in [-0.25, -0.2) is 0 Å². The predicted octanol–water partition coefficient (Wildman–Crippen LogP) is -1.69. The molecule has 4 saturated carbocycles. The van der Waals surface area contributed by atoms with Crippen LogP contribution in [0.4, 0.5) is 0 Å². The molecular weight excluding hydrogens is 246 g/mol. The highest BCUT2D eigenvalue weighted by Crippen LogP contribution is 2.60. The van der Waals surface area contributed by atoms with E-state index in [2.05, 4.69) is 14.1 Å². The van der Waals surface area contributed by atoms with Gasteiger partial charge in [0.05, 0.1) is 27.1 Å². The number of halogens is 1. The maximum absolute atomic E-state index is 12.6. The van der Waals surface area contributed by atoms with Gasteiger partial charge in [0.15, 0.2) is 0 Å². The molecular formula is C15H26ClNO. The molecule has 0 spiro atoms. The van der Waals surface area contributed by atoms with Crippen molar-refractivity contribution in [3.63, 3.8) is 0 Å². The van der Waals surface area contributed by atoms with Gasteiger partial charge >= 0.3 is 0 Å². The Bertz CT molecular complexity index is 291. The highest BCUT2D eigenvalue weighted by Gasteiger charge is 2.53. The molecule has 4 rings (SSSR count). The summed E-state index contributed by atoms with van der Waals surface area (Å²) in [5.74, 6) is 3.31. The molecule has 104 valence electrons. The van der Waals surface area contributed by atoms with Crippen molar-refractivity contribution in [2.75, 3.05) is 20.6 Å². The minimum Gasteiger partial charge on any atom is -1.00 e. The molecule has 3 heteroatoms. The molecule has 0 aromatic heterocycles. The van der Waals surface area contributed by atoms with Crippen LogP contribution in [0.2, 0.25) is 0 Å². The van der Waals surface area contributed by atoms with Crippen LogP contribution in [0.1, 0.15) is 44.9 Å². The molecule has 0 unspecified atom stereocenters. The van der Waals surface area contributed by atoms with E-state index in [-0.39, 0.29) is 17.8 Å². The fraction of sp³-hybridized carbons (Fsp3) is 0.933. The number of nitrogens with one attached hydrogen (secondary N) is 1. The van der Waals surface area contributed by atoms with E-state index < -0.39 is 0 Å². The lowest BCUT2D eigenvalue weighted by molar-refractivity contribution is -0.857. The Labute approximate surface area is 117 Å². The average molecular weight is 272 g/mol. The summed E-state index contributed by atoms with van der Waals surface area (Å²) in [5.41, 5.74) is 0.143. The van der Waals surface area contributed by atoms with Crippen LogP contribution in [0.15, 0.2) is 0 Å². The normalized spacial score (nSPS) is 40.9. The summed E-state index contributed by atoms with van der Waals surface area (Å²) in [7, 11) is 4.29. The monoisotopic (exact) mass is 271 g/mol. The van der Waals surface area contributed by atoms with Crippen molar-refractivity contribution in [3.05, 3.63) is 0 Å². The van der Waals surface area contributed by atoms with Crippen LogP contribution < -0.4 is 17.3 Å². The smallest absolute Gasteiger partial charge is 0.144 e. The van der Waals surface area contributed by atoms with Crippen molar-refractivity contribution in [1.29, 1.82) is 0 Å². The first-order chi connectivity index (χ1) is 8.07. The van der Waals surface area contributed by atoms with Crippen molar-refractivity contribution in [2.24, 2.45) is 23.2 Å². The van der Waals surface area contributed by atoms with E-state index in [4.69, 9.17) is 0 Å². The summed E-state index contributed by atoms with van der Waals surface area (Å²) >= 11 is 0. The summed E-state index contributed by atoms with van der Waals surface area (Å²) in [6.45, 7) is 1.01. The topological polar surface area (TPSA) is 21.5 Å². The third-order valence-corrected chi connectivity index (χ3v) is 5.48. The number of carbonyl (C=O) groups is 1. The molecule has 4 aliphatic carbocycles. The number of hydrogen-bond donors (Lipinski definition) is 1. The first-order valence-corrected chi connectivity index (χ1v) is 7.40. The first kappa shape index (κ1) is 14.3. The van der Waals surface area contributed by atoms with Crippen LogP contribution in [0.5, 0.6) is 0 Å². The number of quaternary nitrogens is 1. The van der Waals surface area contributed by atoms with E-state index >= 15 is 0 Å². The average Bonchev–Trinajstić information content (AvgIpc) is 2.23. The standard InChI is InChI=1S/C15H25NO.ClH/c1-16(2)4-3-14(17)15-8-11-5-12(9-15)7-13(6-11)10-15;/h11-13H,3-10H2,1-2H3;1H. The zero-order valence-electron chi connectivity index (χ0n) is 11.7. The lowest BCUT2D eigenvalue weighted by Gasteiger charge is -2.56. The second kappa shape index (κ2) is 5.13. The number of ketones is 1. The first-order valence-electron chi connectivity index (χ1n) is 7.40. The number of hydrogen-bond acceptors (Lipinski definition) is 1. The van der Waals surface area contributed by atoms with Crippen LogP contribution in [-0.4, -0.2) is 26.4 Å². The van der Waals surface area contributed by atoms with E-state index in [1.807, 2.05) is 0 Å². The minimum atomic E-state index is 0. The Morgan fingerprint density at radius 3 is 1.89 bits per heavy atom. The van der Waals surface area contributed by atoms with Crippen molar-refractivity contribution < 1.29 is 22.1 Å². The summed E-state index contributed by atoms with van der Waals surface area (Å²) in [6, 6.07) is 0. The Hall–Kier alpha value is -0.0800. The van der Waals surface area contributed by atoms with E-state index in [1.54, 1.807) is 0 Å². The molecule has 0 heterocycles. The van der Waals surface area contributed by atoms with Gasteiger partial charge in [0.25, 0.3) is 0 Å². The molecule has 18 heavy (non-hydrogen) atoms. The van der Waals surface area contributed by atoms with Gasteiger partial charge in [-0.2, -0.15) is 0 Å². The maximum Gasteiger partial charge on any atom is 0.144 e. The summed E-state index contributed by atoms with van der Waals surface area (Å²) < 4.78 is 0. The van der Waals surface area contributed by atoms with Gasteiger partial charge in [-0.1, -0.05) is 0 Å². The van der Waals surface area contributed by atoms with E-state index in [1.165, 1.54) is 43.4 Å². The molecule has 1 N–H and O–H groups in total. The number of carbonyl (C=O) groups excluding carboxylic acids is 1. The molecule has 0 atom stereocenters. The van der Waals surface area contributed by atoms with Crippen molar-refractivity contribution in [1.82, 2.24) is 0 Å². The van der Waals surface area contributed by atoms with Gasteiger partial charge in [0.1, 0.15) is 5.78 Å². The summed E-state index contributed by atoms with van der Waals surface area (Å²) in [5, 5.41) is 0. The Balaban J connectivity index is 0.00000120. The van der Waals surface area contributed by atoms with Gasteiger partial charge in [0, 0.05) is 5.41 Å². The zero-order valence-corrected chi connectivity index (χ0v) is 12.4. The highest BCUT2D eigenvalue weighted by atomic mass is 35.5. The van der Waals surface area contributed by atoms with E-state index in [0.717, 1.165) is 30.7 Å². The van der Waals surface area contributed by atoms with Crippen molar-refractivity contribution in [3.8, 4) is 0 Å². The fourth-order valence-electron chi connectivity index (χ4n) is 5.08. The van der Waals surface area contributed by atoms with Gasteiger partial charge in [-0.3, -0.25) is 4.79 Å². The van der Waals surface area contributed by atoms with Crippen molar-refractivity contribution >= 4 is 5.78 Å². The van der Waals surface area contributed by atoms with Crippen LogP contribution >= 0.6 is 0 Å². The van der Waals surface area contributed by atoms with Crippen LogP contribution in [0, 0.1) is 23.2 Å². The molecule has 0 aromatic carbocycles. The van der Waals surface area contributed by atoms with Crippen LogP contribution in [0.25, 0.3) is 0 Å². The van der Waals surface area contributed by atoms with Gasteiger partial charge < -0.3 is 17.3 Å². The fourth-order valence-corrected chi connectivity index (χ4v) is 5.08. The minimum absolute atomic E-state index is 0. The molecule has 0 amide bonds. The quantitative estimate of drug-likeness (QED) is 0.648. The number of Topliss-reactive ketones (excluding diaryl/α,β-unsaturated/α-hetero) is 1. The SMILES string of the molecule is C[NH+](C)CCC(=O)C12CC3CC(CC(C3)C1)C2.[Cl-]. The zero-order chi connectivity index (χ0) is 12.0. The van der Waals surface area contributed by atoms with Crippen molar-refractivity contribution in [2.45, 2.75) is 44.9 Å². The lowest BCUT2D eigenvalue weighted by atomic mass is 9.48. The van der Waals surface area contributed by atoms with Gasteiger partial charge in [-0.05, 0) is 56.3 Å². The molecule has 4 bridgehead atoms. The third-order valence-electron chi connectivity index (χ3n) is 5.48. The molecule has 4 fully saturated rings. The predicted molar refractivity (Wildman–Crippen MR) is 67.9 cm³/mol. The Kier molecular flexibility index (Phi) is 4.08. The van der Waals surface area contributed by atoms with E-state index in [9.17, 15) is 4.79 Å². The largest absolute Gasteiger partial charge is 1.00 e. The lowest BCUT2D eigenvalue weighted by Crippen LogP contribution is -3.05. The molecule has 0 aromatic rings. The Morgan fingerprint density at radius 1 is 1.06 bits per heavy atom. The number of rotatable bonds is 4. The highest BCUT2D eigenvalue weighted by molar-refractivity contribution is 5.85. The molecule has 0 aliphatic heterocycles. The molecule has 2 nitrogen and oxygen atoms in total. The summed E-state index contributed by atoms with van der Waals surface area (Å²) in [6.07, 6.45) is 8.83. The van der Waals surface area contributed by atoms with Gasteiger partial charge in [-0.15, -0.1) is 0 Å². The van der Waals surface area contributed by atoms with Gasteiger partial charge in [0.2, 0.25) is 0 Å². The van der Waals surface area contributed by atoms with E-state index in [0.29, 0.717) is 5.78 Å². The Morgan fingerprint density at radius 2 is 1.50 bits per heavy atom. The third kappa shape index (κ3) is 2.46. The molecule has 0 saturated heterocycles. The molecule has 4 aliphatic rings. The second-order valence-electron chi connectivity index (χ2n) is 7.33. The maximum atomic E-state index is 12.6. The summed E-state index contributed by atoms with van der Waals surface area (Å²) in [4.78, 5) is 14.0. The van der Waals surface area contributed by atoms with Crippen LogP contribution in [-0.2, 0) is 4.79 Å².